The second-order valence-electron chi connectivity index (χ2n) is 5.45. The fraction of sp³-hybridized carbons (Fsp3) is 0.600. The summed E-state index contributed by atoms with van der Waals surface area (Å²) in [6.07, 6.45) is 6.09. The van der Waals surface area contributed by atoms with E-state index in [1.165, 1.54) is 11.4 Å². The van der Waals surface area contributed by atoms with Crippen LogP contribution in [0.1, 0.15) is 36.6 Å². The molecule has 2 aromatic rings. The number of rotatable bonds is 5. The average molecular weight is 306 g/mol. The molecular weight excluding hydrogens is 284 g/mol. The summed E-state index contributed by atoms with van der Waals surface area (Å²) in [7, 11) is 0. The van der Waals surface area contributed by atoms with Gasteiger partial charge in [-0.05, 0) is 13.3 Å². The van der Waals surface area contributed by atoms with Crippen LogP contribution in [0.5, 0.6) is 0 Å². The van der Waals surface area contributed by atoms with E-state index in [0.717, 1.165) is 48.8 Å². The number of nitrogens with one attached hydrogen (secondary N) is 1. The molecule has 0 saturated carbocycles. The van der Waals surface area contributed by atoms with Gasteiger partial charge in [0.05, 0.1) is 22.7 Å². The monoisotopic (exact) mass is 306 g/mol. The van der Waals surface area contributed by atoms with E-state index in [9.17, 15) is 0 Å². The lowest BCUT2D eigenvalue weighted by Gasteiger charge is -2.33. The van der Waals surface area contributed by atoms with Crippen LogP contribution in [0.4, 0.5) is 0 Å². The van der Waals surface area contributed by atoms with E-state index in [-0.39, 0.29) is 0 Å². The van der Waals surface area contributed by atoms with Crippen molar-refractivity contribution in [1.82, 2.24) is 20.4 Å². The van der Waals surface area contributed by atoms with E-state index in [2.05, 4.69) is 22.3 Å². The maximum absolute atomic E-state index is 5.16. The molecule has 3 heterocycles. The first kappa shape index (κ1) is 14.7. The zero-order valence-corrected chi connectivity index (χ0v) is 13.4. The maximum atomic E-state index is 5.16. The maximum Gasteiger partial charge on any atom is 0.142 e. The van der Waals surface area contributed by atoms with Gasteiger partial charge in [0.15, 0.2) is 0 Å². The molecule has 2 aromatic heterocycles. The van der Waals surface area contributed by atoms with E-state index in [1.807, 2.05) is 13.1 Å². The average Bonchev–Trinajstić information content (AvgIpc) is 3.14. The molecule has 114 valence electrons. The van der Waals surface area contributed by atoms with Crippen LogP contribution in [0, 0.1) is 6.92 Å². The van der Waals surface area contributed by atoms with Gasteiger partial charge >= 0.3 is 0 Å². The van der Waals surface area contributed by atoms with Crippen molar-refractivity contribution in [3.8, 4) is 10.4 Å². The molecule has 1 fully saturated rings. The van der Waals surface area contributed by atoms with Crippen LogP contribution >= 0.6 is 11.3 Å². The van der Waals surface area contributed by atoms with Crippen LogP contribution in [0.2, 0.25) is 0 Å². The van der Waals surface area contributed by atoms with Gasteiger partial charge in [-0.3, -0.25) is 4.90 Å². The highest BCUT2D eigenvalue weighted by Gasteiger charge is 2.24. The molecule has 1 unspecified atom stereocenters. The standard InChI is InChI=1S/C15H22N4OS/c1-3-4-13(19-7-5-16-6-8-19)15-17-10-14(21-15)12-9-18-20-11(12)2/h9-10,13,16H,3-8H2,1-2H3. The highest BCUT2D eigenvalue weighted by molar-refractivity contribution is 7.15. The van der Waals surface area contributed by atoms with Crippen molar-refractivity contribution in [2.24, 2.45) is 0 Å². The molecule has 1 N–H and O–H groups in total. The molecule has 0 aliphatic carbocycles. The molecule has 0 radical (unpaired) electrons. The van der Waals surface area contributed by atoms with Crippen LogP contribution in [0.25, 0.3) is 10.4 Å². The number of nitrogens with zero attached hydrogens (tertiary/aromatic N) is 3. The SMILES string of the molecule is CCCC(c1ncc(-c2cnoc2C)s1)N1CCNCC1. The molecule has 1 atom stereocenters. The van der Waals surface area contributed by atoms with Gasteiger partial charge in [-0.15, -0.1) is 11.3 Å². The van der Waals surface area contributed by atoms with E-state index in [4.69, 9.17) is 9.51 Å². The molecule has 21 heavy (non-hydrogen) atoms. The number of thiazole rings is 1. The summed E-state index contributed by atoms with van der Waals surface area (Å²) in [4.78, 5) is 8.41. The number of piperazine rings is 1. The molecule has 1 aliphatic heterocycles. The molecule has 6 heteroatoms. The summed E-state index contributed by atoms with van der Waals surface area (Å²) in [6.45, 7) is 8.54. The van der Waals surface area contributed by atoms with E-state index in [1.54, 1.807) is 17.5 Å². The first-order valence-electron chi connectivity index (χ1n) is 7.61. The van der Waals surface area contributed by atoms with Crippen molar-refractivity contribution in [1.29, 1.82) is 0 Å². The molecule has 0 spiro atoms. The number of hydrogen-bond acceptors (Lipinski definition) is 6. The molecule has 3 rings (SSSR count). The lowest BCUT2D eigenvalue weighted by molar-refractivity contribution is 0.164. The highest BCUT2D eigenvalue weighted by atomic mass is 32.1. The quantitative estimate of drug-likeness (QED) is 0.920. The minimum Gasteiger partial charge on any atom is -0.361 e. The second kappa shape index (κ2) is 6.68. The summed E-state index contributed by atoms with van der Waals surface area (Å²) in [5, 5.41) is 8.50. The Balaban J connectivity index is 1.83. The summed E-state index contributed by atoms with van der Waals surface area (Å²) in [5.74, 6) is 0.861. The van der Waals surface area contributed by atoms with E-state index >= 15 is 0 Å². The van der Waals surface area contributed by atoms with E-state index < -0.39 is 0 Å². The van der Waals surface area contributed by atoms with Gasteiger partial charge < -0.3 is 9.84 Å². The van der Waals surface area contributed by atoms with Crippen LogP contribution in [0.3, 0.4) is 0 Å². The summed E-state index contributed by atoms with van der Waals surface area (Å²) in [6, 6.07) is 0.441. The number of hydrogen-bond donors (Lipinski definition) is 1. The van der Waals surface area contributed by atoms with Gasteiger partial charge in [-0.1, -0.05) is 18.5 Å². The van der Waals surface area contributed by atoms with Crippen LogP contribution < -0.4 is 5.32 Å². The smallest absolute Gasteiger partial charge is 0.142 e. The Bertz CT molecular complexity index is 574. The predicted octanol–water partition coefficient (Wildman–Crippen LogP) is 2.85. The zero-order chi connectivity index (χ0) is 14.7. The third-order valence-electron chi connectivity index (χ3n) is 3.98. The van der Waals surface area contributed by atoms with Gasteiger partial charge in [0, 0.05) is 32.4 Å². The Morgan fingerprint density at radius 1 is 1.38 bits per heavy atom. The lowest BCUT2D eigenvalue weighted by atomic mass is 10.1. The Morgan fingerprint density at radius 2 is 2.19 bits per heavy atom. The van der Waals surface area contributed by atoms with Crippen molar-refractivity contribution in [3.05, 3.63) is 23.2 Å². The number of aromatic nitrogens is 2. The van der Waals surface area contributed by atoms with Gasteiger partial charge in [-0.25, -0.2) is 4.98 Å². The first-order chi connectivity index (χ1) is 10.3. The second-order valence-corrected chi connectivity index (χ2v) is 6.51. The van der Waals surface area contributed by atoms with Crippen molar-refractivity contribution < 1.29 is 4.52 Å². The van der Waals surface area contributed by atoms with Crippen molar-refractivity contribution in [3.63, 3.8) is 0 Å². The Kier molecular flexibility index (Phi) is 4.67. The normalized spacial score (nSPS) is 18.0. The molecule has 1 saturated heterocycles. The Morgan fingerprint density at radius 3 is 2.86 bits per heavy atom. The third-order valence-corrected chi connectivity index (χ3v) is 5.11. The fourth-order valence-corrected chi connectivity index (χ4v) is 3.98. The largest absolute Gasteiger partial charge is 0.361 e. The third kappa shape index (κ3) is 3.17. The highest BCUT2D eigenvalue weighted by Crippen LogP contribution is 2.35. The van der Waals surface area contributed by atoms with Gasteiger partial charge in [-0.2, -0.15) is 0 Å². The minimum atomic E-state index is 0.441. The molecular formula is C15H22N4OS. The van der Waals surface area contributed by atoms with Crippen LogP contribution in [-0.2, 0) is 0 Å². The summed E-state index contributed by atoms with van der Waals surface area (Å²) >= 11 is 1.77. The van der Waals surface area contributed by atoms with Gasteiger partial charge in [0.25, 0.3) is 0 Å². The summed E-state index contributed by atoms with van der Waals surface area (Å²) < 4.78 is 5.16. The topological polar surface area (TPSA) is 54.2 Å². The molecule has 0 bridgehead atoms. The lowest BCUT2D eigenvalue weighted by Crippen LogP contribution is -2.45. The van der Waals surface area contributed by atoms with Gasteiger partial charge in [0.1, 0.15) is 10.8 Å². The molecule has 0 amide bonds. The number of aryl methyl sites for hydroxylation is 1. The van der Waals surface area contributed by atoms with Gasteiger partial charge in [0.2, 0.25) is 0 Å². The van der Waals surface area contributed by atoms with E-state index in [0.29, 0.717) is 6.04 Å². The fourth-order valence-electron chi connectivity index (χ4n) is 2.83. The van der Waals surface area contributed by atoms with Crippen LogP contribution in [-0.4, -0.2) is 41.2 Å². The summed E-state index contributed by atoms with van der Waals surface area (Å²) in [5.41, 5.74) is 1.06. The Hall–Kier alpha value is -1.24. The van der Waals surface area contributed by atoms with Crippen molar-refractivity contribution in [2.75, 3.05) is 26.2 Å². The van der Waals surface area contributed by atoms with Crippen LogP contribution in [0.15, 0.2) is 16.9 Å². The molecule has 0 aromatic carbocycles. The molecule has 1 aliphatic rings. The minimum absolute atomic E-state index is 0.441. The molecule has 5 nitrogen and oxygen atoms in total. The predicted molar refractivity (Wildman–Crippen MR) is 84.4 cm³/mol. The Labute approximate surface area is 129 Å². The van der Waals surface area contributed by atoms with Crippen molar-refractivity contribution >= 4 is 11.3 Å². The first-order valence-corrected chi connectivity index (χ1v) is 8.43. The zero-order valence-electron chi connectivity index (χ0n) is 12.6. The van der Waals surface area contributed by atoms with Crippen molar-refractivity contribution in [2.45, 2.75) is 32.7 Å².